The molecule has 100 valence electrons. The molecule has 0 saturated carbocycles. The lowest BCUT2D eigenvalue weighted by molar-refractivity contribution is 0.0384. The van der Waals surface area contributed by atoms with Crippen LogP contribution in [0.4, 0.5) is 5.69 Å². The van der Waals surface area contributed by atoms with Gasteiger partial charge in [0.05, 0.1) is 13.2 Å². The number of hydrogen-bond donors (Lipinski definition) is 1. The molecular formula is C15H24N2O. The summed E-state index contributed by atoms with van der Waals surface area (Å²) in [5.41, 5.74) is 2.62. The van der Waals surface area contributed by atoms with Crippen molar-refractivity contribution in [3.8, 4) is 0 Å². The number of benzene rings is 1. The van der Waals surface area contributed by atoms with Gasteiger partial charge >= 0.3 is 0 Å². The summed E-state index contributed by atoms with van der Waals surface area (Å²) in [7, 11) is 0. The molecule has 1 aliphatic rings. The van der Waals surface area contributed by atoms with Crippen molar-refractivity contribution in [3.63, 3.8) is 0 Å². The number of rotatable bonds is 5. The van der Waals surface area contributed by atoms with Crippen LogP contribution in [0.25, 0.3) is 0 Å². The molecule has 3 nitrogen and oxygen atoms in total. The van der Waals surface area contributed by atoms with E-state index in [-0.39, 0.29) is 0 Å². The number of nitrogens with one attached hydrogen (secondary N) is 1. The Balaban J connectivity index is 1.78. The lowest BCUT2D eigenvalue weighted by atomic mass is 10.1. The van der Waals surface area contributed by atoms with Crippen molar-refractivity contribution in [2.24, 2.45) is 0 Å². The van der Waals surface area contributed by atoms with E-state index >= 15 is 0 Å². The molecule has 1 aromatic carbocycles. The van der Waals surface area contributed by atoms with E-state index in [1.165, 1.54) is 11.3 Å². The fourth-order valence-corrected chi connectivity index (χ4v) is 2.21. The molecule has 3 heteroatoms. The third-order valence-corrected chi connectivity index (χ3v) is 3.23. The molecule has 18 heavy (non-hydrogen) atoms. The first-order valence-corrected chi connectivity index (χ1v) is 6.89. The minimum Gasteiger partial charge on any atom is -0.383 e. The summed E-state index contributed by atoms with van der Waals surface area (Å²) in [6.07, 6.45) is 1.13. The van der Waals surface area contributed by atoms with Crippen molar-refractivity contribution < 1.29 is 4.74 Å². The molecular weight excluding hydrogens is 224 g/mol. The van der Waals surface area contributed by atoms with Crippen LogP contribution >= 0.6 is 0 Å². The second kappa shape index (κ2) is 6.76. The fraction of sp³-hybridized carbons (Fsp3) is 0.600. The first-order valence-electron chi connectivity index (χ1n) is 6.89. The largest absolute Gasteiger partial charge is 0.383 e. The van der Waals surface area contributed by atoms with Gasteiger partial charge in [-0.1, -0.05) is 12.1 Å². The second-order valence-electron chi connectivity index (χ2n) is 5.20. The number of anilines is 1. The monoisotopic (exact) mass is 248 g/mol. The van der Waals surface area contributed by atoms with Crippen molar-refractivity contribution in [1.29, 1.82) is 0 Å². The highest BCUT2D eigenvalue weighted by atomic mass is 16.5. The van der Waals surface area contributed by atoms with E-state index < -0.39 is 0 Å². The Morgan fingerprint density at radius 1 is 1.17 bits per heavy atom. The van der Waals surface area contributed by atoms with Crippen LogP contribution in [0.1, 0.15) is 19.4 Å². The molecule has 2 rings (SSSR count). The van der Waals surface area contributed by atoms with Gasteiger partial charge in [0.25, 0.3) is 0 Å². The zero-order valence-electron chi connectivity index (χ0n) is 11.5. The van der Waals surface area contributed by atoms with E-state index in [0.717, 1.165) is 39.3 Å². The van der Waals surface area contributed by atoms with Crippen LogP contribution in [0.3, 0.4) is 0 Å². The Morgan fingerprint density at radius 2 is 1.83 bits per heavy atom. The van der Waals surface area contributed by atoms with Crippen LogP contribution in [-0.4, -0.2) is 43.8 Å². The Bertz CT molecular complexity index is 342. The van der Waals surface area contributed by atoms with E-state index in [0.29, 0.717) is 6.04 Å². The van der Waals surface area contributed by atoms with Gasteiger partial charge in [-0.05, 0) is 38.0 Å². The summed E-state index contributed by atoms with van der Waals surface area (Å²) in [5, 5.41) is 3.41. The Kier molecular flexibility index (Phi) is 5.02. The molecule has 0 amide bonds. The molecule has 0 atom stereocenters. The standard InChI is InChI=1S/C15H24N2O/c1-13(2)16-15-5-3-14(4-6-15)7-8-17-9-11-18-12-10-17/h3-6,13,16H,7-12H2,1-2H3. The summed E-state index contributed by atoms with van der Waals surface area (Å²) in [6, 6.07) is 9.30. The summed E-state index contributed by atoms with van der Waals surface area (Å²) in [6.45, 7) is 9.38. The molecule has 0 radical (unpaired) electrons. The molecule has 0 aliphatic carbocycles. The van der Waals surface area contributed by atoms with Gasteiger partial charge in [-0.2, -0.15) is 0 Å². The minimum absolute atomic E-state index is 0.490. The maximum atomic E-state index is 5.35. The normalized spacial score (nSPS) is 17.1. The van der Waals surface area contributed by atoms with Crippen LogP contribution in [-0.2, 0) is 11.2 Å². The van der Waals surface area contributed by atoms with Crippen molar-refractivity contribution >= 4 is 5.69 Å². The van der Waals surface area contributed by atoms with Crippen LogP contribution in [0.15, 0.2) is 24.3 Å². The minimum atomic E-state index is 0.490. The van der Waals surface area contributed by atoms with Crippen molar-refractivity contribution in [3.05, 3.63) is 29.8 Å². The molecule has 0 aromatic heterocycles. The Morgan fingerprint density at radius 3 is 2.44 bits per heavy atom. The lowest BCUT2D eigenvalue weighted by Gasteiger charge is -2.26. The topological polar surface area (TPSA) is 24.5 Å². The first-order chi connectivity index (χ1) is 8.74. The van der Waals surface area contributed by atoms with Gasteiger partial charge in [0, 0.05) is 31.4 Å². The first kappa shape index (κ1) is 13.4. The highest BCUT2D eigenvalue weighted by Gasteiger charge is 2.09. The number of ether oxygens (including phenoxy) is 1. The summed E-state index contributed by atoms with van der Waals surface area (Å²) in [4.78, 5) is 2.48. The highest BCUT2D eigenvalue weighted by molar-refractivity contribution is 5.45. The quantitative estimate of drug-likeness (QED) is 0.866. The van der Waals surface area contributed by atoms with Gasteiger partial charge in [0.2, 0.25) is 0 Å². The van der Waals surface area contributed by atoms with Crippen LogP contribution < -0.4 is 5.32 Å². The molecule has 1 N–H and O–H groups in total. The summed E-state index contributed by atoms with van der Waals surface area (Å²) < 4.78 is 5.35. The molecule has 1 fully saturated rings. The van der Waals surface area contributed by atoms with Gasteiger partial charge in [0.15, 0.2) is 0 Å². The van der Waals surface area contributed by atoms with E-state index in [4.69, 9.17) is 4.74 Å². The molecule has 1 aliphatic heterocycles. The molecule has 0 spiro atoms. The van der Waals surface area contributed by atoms with Gasteiger partial charge in [-0.3, -0.25) is 4.90 Å². The highest BCUT2D eigenvalue weighted by Crippen LogP contribution is 2.11. The van der Waals surface area contributed by atoms with E-state index in [2.05, 4.69) is 48.3 Å². The predicted octanol–water partition coefficient (Wildman–Crippen LogP) is 2.38. The maximum absolute atomic E-state index is 5.35. The average molecular weight is 248 g/mol. The van der Waals surface area contributed by atoms with E-state index in [1.807, 2.05) is 0 Å². The van der Waals surface area contributed by atoms with Gasteiger partial charge < -0.3 is 10.1 Å². The Hall–Kier alpha value is -1.06. The van der Waals surface area contributed by atoms with Gasteiger partial charge in [-0.25, -0.2) is 0 Å². The summed E-state index contributed by atoms with van der Waals surface area (Å²) >= 11 is 0. The van der Waals surface area contributed by atoms with Crippen LogP contribution in [0.2, 0.25) is 0 Å². The molecule has 1 saturated heterocycles. The second-order valence-corrected chi connectivity index (χ2v) is 5.20. The SMILES string of the molecule is CC(C)Nc1ccc(CCN2CCOCC2)cc1. The Labute approximate surface area is 110 Å². The maximum Gasteiger partial charge on any atom is 0.0594 e. The molecule has 1 aromatic rings. The van der Waals surface area contributed by atoms with Gasteiger partial charge in [0.1, 0.15) is 0 Å². The summed E-state index contributed by atoms with van der Waals surface area (Å²) in [5.74, 6) is 0. The van der Waals surface area contributed by atoms with Crippen molar-refractivity contribution in [1.82, 2.24) is 4.90 Å². The zero-order valence-corrected chi connectivity index (χ0v) is 11.5. The van der Waals surface area contributed by atoms with E-state index in [1.54, 1.807) is 0 Å². The van der Waals surface area contributed by atoms with Crippen LogP contribution in [0.5, 0.6) is 0 Å². The molecule has 1 heterocycles. The van der Waals surface area contributed by atoms with Crippen LogP contribution in [0, 0.1) is 0 Å². The predicted molar refractivity (Wildman–Crippen MR) is 76.2 cm³/mol. The fourth-order valence-electron chi connectivity index (χ4n) is 2.21. The zero-order chi connectivity index (χ0) is 12.8. The molecule has 0 bridgehead atoms. The smallest absolute Gasteiger partial charge is 0.0594 e. The number of nitrogens with zero attached hydrogens (tertiary/aromatic N) is 1. The third-order valence-electron chi connectivity index (χ3n) is 3.23. The molecule has 0 unspecified atom stereocenters. The lowest BCUT2D eigenvalue weighted by Crippen LogP contribution is -2.37. The van der Waals surface area contributed by atoms with E-state index in [9.17, 15) is 0 Å². The van der Waals surface area contributed by atoms with Crippen molar-refractivity contribution in [2.75, 3.05) is 38.2 Å². The number of hydrogen-bond acceptors (Lipinski definition) is 3. The van der Waals surface area contributed by atoms with Crippen molar-refractivity contribution in [2.45, 2.75) is 26.3 Å². The average Bonchev–Trinajstić information content (AvgIpc) is 2.38. The third kappa shape index (κ3) is 4.31. The number of morpholine rings is 1. The van der Waals surface area contributed by atoms with Gasteiger partial charge in [-0.15, -0.1) is 0 Å².